The Hall–Kier alpha value is -1.44. The van der Waals surface area contributed by atoms with Crippen LogP contribution in [0.1, 0.15) is 0 Å². The molecule has 1 aromatic carbocycles. The van der Waals surface area contributed by atoms with Gasteiger partial charge in [0.1, 0.15) is 6.33 Å². The number of aromatic nitrogens is 2. The van der Waals surface area contributed by atoms with Gasteiger partial charge in [-0.3, -0.25) is 0 Å². The average molecular weight is 129 g/mol. The molecule has 0 aliphatic rings. The van der Waals surface area contributed by atoms with Crippen LogP contribution in [0, 0.1) is 6.07 Å². The summed E-state index contributed by atoms with van der Waals surface area (Å²) in [5.41, 5.74) is 0.942. The molecule has 0 unspecified atom stereocenters. The first kappa shape index (κ1) is 5.35. The van der Waals surface area contributed by atoms with Crippen LogP contribution >= 0.6 is 0 Å². The standard InChI is InChI=1S/C8H5N2/c1-2-4-8-7(3-1)5-9-6-10-8/h1-2,4-6H. The van der Waals surface area contributed by atoms with Crippen molar-refractivity contribution in [3.05, 3.63) is 36.8 Å². The minimum absolute atomic E-state index is 0.942. The molecule has 0 saturated carbocycles. The Labute approximate surface area is 58.6 Å². The van der Waals surface area contributed by atoms with Crippen LogP contribution in [0.3, 0.4) is 0 Å². The number of hydrogen-bond acceptors (Lipinski definition) is 2. The molecule has 0 atom stereocenters. The molecule has 0 aliphatic carbocycles. The highest BCUT2D eigenvalue weighted by atomic mass is 14.8. The molecule has 1 aromatic heterocycles. The summed E-state index contributed by atoms with van der Waals surface area (Å²) in [5, 5.41) is 0.963. The van der Waals surface area contributed by atoms with E-state index in [1.54, 1.807) is 6.20 Å². The van der Waals surface area contributed by atoms with Crippen molar-refractivity contribution >= 4 is 10.9 Å². The molecular weight excluding hydrogens is 124 g/mol. The Morgan fingerprint density at radius 3 is 3.30 bits per heavy atom. The molecule has 2 rings (SSSR count). The fraction of sp³-hybridized carbons (Fsp3) is 0. The Kier molecular flexibility index (Phi) is 1.10. The number of hydrogen-bond donors (Lipinski definition) is 0. The first-order valence-electron chi connectivity index (χ1n) is 3.03. The van der Waals surface area contributed by atoms with Gasteiger partial charge < -0.3 is 0 Å². The summed E-state index contributed by atoms with van der Waals surface area (Å²) >= 11 is 0. The first-order valence-corrected chi connectivity index (χ1v) is 3.03. The highest BCUT2D eigenvalue weighted by Crippen LogP contribution is 2.05. The van der Waals surface area contributed by atoms with Gasteiger partial charge in [0.05, 0.1) is 5.52 Å². The lowest BCUT2D eigenvalue weighted by Gasteiger charge is -1.90. The summed E-state index contributed by atoms with van der Waals surface area (Å²) in [7, 11) is 0. The van der Waals surface area contributed by atoms with Crippen LogP contribution in [-0.2, 0) is 0 Å². The lowest BCUT2D eigenvalue weighted by Crippen LogP contribution is -1.78. The van der Waals surface area contributed by atoms with Crippen LogP contribution < -0.4 is 0 Å². The second kappa shape index (κ2) is 2.06. The summed E-state index contributed by atoms with van der Waals surface area (Å²) in [4.78, 5) is 7.91. The summed E-state index contributed by atoms with van der Waals surface area (Å²) in [6, 6.07) is 8.73. The first-order chi connectivity index (χ1) is 4.97. The van der Waals surface area contributed by atoms with Gasteiger partial charge in [-0.1, -0.05) is 12.1 Å². The molecule has 10 heavy (non-hydrogen) atoms. The molecular formula is C8H5N2. The molecule has 1 radical (unpaired) electrons. The predicted octanol–water partition coefficient (Wildman–Crippen LogP) is 1.43. The SMILES string of the molecule is [c]1cccc2ncncc12. The van der Waals surface area contributed by atoms with E-state index in [0.29, 0.717) is 0 Å². The summed E-state index contributed by atoms with van der Waals surface area (Å²) in [6.07, 6.45) is 3.29. The zero-order valence-electron chi connectivity index (χ0n) is 5.28. The van der Waals surface area contributed by atoms with Crippen molar-refractivity contribution in [2.24, 2.45) is 0 Å². The van der Waals surface area contributed by atoms with Gasteiger partial charge in [0.25, 0.3) is 0 Å². The van der Waals surface area contributed by atoms with Gasteiger partial charge in [0.2, 0.25) is 0 Å². The number of nitrogens with zero attached hydrogens (tertiary/aromatic N) is 2. The second-order valence-corrected chi connectivity index (χ2v) is 1.99. The molecule has 0 N–H and O–H groups in total. The Morgan fingerprint density at radius 2 is 2.40 bits per heavy atom. The highest BCUT2D eigenvalue weighted by molar-refractivity contribution is 5.76. The van der Waals surface area contributed by atoms with Gasteiger partial charge >= 0.3 is 0 Å². The zero-order chi connectivity index (χ0) is 6.81. The molecule has 0 aliphatic heterocycles. The minimum Gasteiger partial charge on any atom is -0.244 e. The topological polar surface area (TPSA) is 25.8 Å². The third-order valence-electron chi connectivity index (χ3n) is 1.33. The zero-order valence-corrected chi connectivity index (χ0v) is 5.28. The molecule has 0 fully saturated rings. The van der Waals surface area contributed by atoms with E-state index in [0.717, 1.165) is 10.9 Å². The van der Waals surface area contributed by atoms with Crippen LogP contribution in [0.15, 0.2) is 30.7 Å². The van der Waals surface area contributed by atoms with Crippen molar-refractivity contribution in [2.75, 3.05) is 0 Å². The molecule has 0 saturated heterocycles. The van der Waals surface area contributed by atoms with E-state index in [2.05, 4.69) is 16.0 Å². The van der Waals surface area contributed by atoms with Crippen LogP contribution in [0.5, 0.6) is 0 Å². The maximum Gasteiger partial charge on any atom is 0.116 e. The molecule has 2 aromatic rings. The monoisotopic (exact) mass is 129 g/mol. The lowest BCUT2D eigenvalue weighted by atomic mass is 10.2. The predicted molar refractivity (Wildman–Crippen MR) is 38.4 cm³/mol. The van der Waals surface area contributed by atoms with Crippen molar-refractivity contribution in [2.45, 2.75) is 0 Å². The highest BCUT2D eigenvalue weighted by Gasteiger charge is 1.88. The molecule has 0 bridgehead atoms. The van der Waals surface area contributed by atoms with E-state index < -0.39 is 0 Å². The maximum atomic E-state index is 4.04. The van der Waals surface area contributed by atoms with E-state index in [9.17, 15) is 0 Å². The van der Waals surface area contributed by atoms with Crippen molar-refractivity contribution in [1.29, 1.82) is 0 Å². The third-order valence-corrected chi connectivity index (χ3v) is 1.33. The smallest absolute Gasteiger partial charge is 0.116 e. The largest absolute Gasteiger partial charge is 0.244 e. The van der Waals surface area contributed by atoms with E-state index in [1.807, 2.05) is 18.2 Å². The van der Waals surface area contributed by atoms with Crippen molar-refractivity contribution in [1.82, 2.24) is 9.97 Å². The van der Waals surface area contributed by atoms with Gasteiger partial charge in [-0.25, -0.2) is 9.97 Å². The van der Waals surface area contributed by atoms with Gasteiger partial charge in [-0.05, 0) is 12.1 Å². The van der Waals surface area contributed by atoms with Crippen LogP contribution in [-0.4, -0.2) is 9.97 Å². The Bertz CT molecular complexity index is 278. The van der Waals surface area contributed by atoms with Crippen molar-refractivity contribution in [3.8, 4) is 0 Å². The third kappa shape index (κ3) is 0.739. The molecule has 1 heterocycles. The maximum absolute atomic E-state index is 4.04. The molecule has 0 amide bonds. The van der Waals surface area contributed by atoms with E-state index in [4.69, 9.17) is 0 Å². The van der Waals surface area contributed by atoms with Crippen molar-refractivity contribution in [3.63, 3.8) is 0 Å². The number of benzene rings is 1. The van der Waals surface area contributed by atoms with Gasteiger partial charge in [-0.15, -0.1) is 0 Å². The van der Waals surface area contributed by atoms with Crippen LogP contribution in [0.2, 0.25) is 0 Å². The second-order valence-electron chi connectivity index (χ2n) is 1.99. The van der Waals surface area contributed by atoms with E-state index >= 15 is 0 Å². The summed E-state index contributed by atoms with van der Waals surface area (Å²) in [6.45, 7) is 0. The Balaban J connectivity index is 2.89. The minimum atomic E-state index is 0.942. The van der Waals surface area contributed by atoms with E-state index in [-0.39, 0.29) is 0 Å². The van der Waals surface area contributed by atoms with Gasteiger partial charge in [0.15, 0.2) is 0 Å². The summed E-state index contributed by atoms with van der Waals surface area (Å²) < 4.78 is 0. The normalized spacial score (nSPS) is 10.0. The van der Waals surface area contributed by atoms with E-state index in [1.165, 1.54) is 6.33 Å². The number of fused-ring (bicyclic) bond motifs is 1. The van der Waals surface area contributed by atoms with Crippen LogP contribution in [0.4, 0.5) is 0 Å². The fourth-order valence-corrected chi connectivity index (χ4v) is 0.860. The molecule has 0 spiro atoms. The molecule has 2 heteroatoms. The summed E-state index contributed by atoms with van der Waals surface area (Å²) in [5.74, 6) is 0. The lowest BCUT2D eigenvalue weighted by molar-refractivity contribution is 1.22. The number of rotatable bonds is 0. The average Bonchev–Trinajstić information content (AvgIpc) is 2.05. The van der Waals surface area contributed by atoms with Crippen molar-refractivity contribution < 1.29 is 0 Å². The van der Waals surface area contributed by atoms with Gasteiger partial charge in [0, 0.05) is 11.6 Å². The molecule has 47 valence electrons. The van der Waals surface area contributed by atoms with Crippen LogP contribution in [0.25, 0.3) is 10.9 Å². The quantitative estimate of drug-likeness (QED) is 0.537. The van der Waals surface area contributed by atoms with Gasteiger partial charge in [-0.2, -0.15) is 0 Å². The fourth-order valence-electron chi connectivity index (χ4n) is 0.860. The molecule has 2 nitrogen and oxygen atoms in total. The Morgan fingerprint density at radius 1 is 1.40 bits per heavy atom.